The topological polar surface area (TPSA) is 9.23 Å². The summed E-state index contributed by atoms with van der Waals surface area (Å²) in [6.45, 7) is 0.545. The maximum absolute atomic E-state index is 13.0. The largest absolute Gasteiger partial charge is 0.419 e. The molecule has 2 rings (SSSR count). The van der Waals surface area contributed by atoms with E-state index in [9.17, 15) is 17.6 Å². The van der Waals surface area contributed by atoms with Crippen molar-refractivity contribution in [3.8, 4) is 0 Å². The zero-order valence-corrected chi connectivity index (χ0v) is 8.35. The molecule has 1 fully saturated rings. The van der Waals surface area contributed by atoms with Crippen LogP contribution in [0.25, 0.3) is 0 Å². The Morgan fingerprint density at radius 1 is 1.25 bits per heavy atom. The van der Waals surface area contributed by atoms with E-state index in [0.29, 0.717) is 18.6 Å². The van der Waals surface area contributed by atoms with E-state index in [1.165, 1.54) is 6.07 Å². The molecule has 0 bridgehead atoms. The minimum absolute atomic E-state index is 0.332. The number of benzene rings is 1. The van der Waals surface area contributed by atoms with Gasteiger partial charge in [-0.05, 0) is 30.5 Å². The summed E-state index contributed by atoms with van der Waals surface area (Å²) in [5, 5.41) is 0. The molecule has 1 unspecified atom stereocenters. The quantitative estimate of drug-likeness (QED) is 0.673. The van der Waals surface area contributed by atoms with Gasteiger partial charge in [0.05, 0.1) is 11.7 Å². The van der Waals surface area contributed by atoms with Gasteiger partial charge in [-0.15, -0.1) is 0 Å². The van der Waals surface area contributed by atoms with Crippen LogP contribution in [0.1, 0.15) is 30.1 Å². The van der Waals surface area contributed by atoms with Crippen molar-refractivity contribution in [3.05, 3.63) is 35.1 Å². The highest BCUT2D eigenvalue weighted by Crippen LogP contribution is 2.35. The van der Waals surface area contributed by atoms with Crippen LogP contribution >= 0.6 is 0 Å². The molecule has 0 N–H and O–H groups in total. The normalized spacial score (nSPS) is 21.4. The van der Waals surface area contributed by atoms with E-state index in [-0.39, 0.29) is 6.10 Å². The summed E-state index contributed by atoms with van der Waals surface area (Å²) in [7, 11) is 0. The van der Waals surface area contributed by atoms with E-state index in [2.05, 4.69) is 0 Å². The van der Waals surface area contributed by atoms with Crippen molar-refractivity contribution in [2.45, 2.75) is 25.1 Å². The second-order valence-electron chi connectivity index (χ2n) is 3.74. The summed E-state index contributed by atoms with van der Waals surface area (Å²) >= 11 is 0. The molecule has 1 aliphatic heterocycles. The van der Waals surface area contributed by atoms with Crippen molar-refractivity contribution >= 4 is 0 Å². The van der Waals surface area contributed by atoms with Gasteiger partial charge < -0.3 is 4.74 Å². The van der Waals surface area contributed by atoms with Gasteiger partial charge in [-0.1, -0.05) is 6.07 Å². The highest BCUT2D eigenvalue weighted by molar-refractivity contribution is 5.29. The molecule has 5 heteroatoms. The molecule has 16 heavy (non-hydrogen) atoms. The van der Waals surface area contributed by atoms with Crippen molar-refractivity contribution in [2.75, 3.05) is 6.61 Å². The fraction of sp³-hybridized carbons (Fsp3) is 0.455. The molecule has 1 aromatic carbocycles. The first kappa shape index (κ1) is 11.4. The lowest BCUT2D eigenvalue weighted by molar-refractivity contribution is -0.140. The molecule has 0 aliphatic carbocycles. The van der Waals surface area contributed by atoms with Crippen LogP contribution in [0.5, 0.6) is 0 Å². The minimum Gasteiger partial charge on any atom is -0.374 e. The second-order valence-corrected chi connectivity index (χ2v) is 3.74. The Morgan fingerprint density at radius 2 is 2.00 bits per heavy atom. The third-order valence-electron chi connectivity index (χ3n) is 2.60. The molecule has 1 nitrogen and oxygen atoms in total. The number of halogens is 4. The summed E-state index contributed by atoms with van der Waals surface area (Å²) in [6, 6.07) is 3.03. The number of hydrogen-bond acceptors (Lipinski definition) is 1. The van der Waals surface area contributed by atoms with E-state index in [0.717, 1.165) is 18.6 Å². The average Bonchev–Trinajstić information content (AvgIpc) is 2.69. The summed E-state index contributed by atoms with van der Waals surface area (Å²) < 4.78 is 55.6. The number of hydrogen-bond donors (Lipinski definition) is 0. The van der Waals surface area contributed by atoms with Crippen molar-refractivity contribution in [2.24, 2.45) is 0 Å². The molecule has 1 aliphatic rings. The van der Waals surface area contributed by atoms with Gasteiger partial charge in [-0.2, -0.15) is 13.2 Å². The van der Waals surface area contributed by atoms with Gasteiger partial charge in [0.15, 0.2) is 0 Å². The van der Waals surface area contributed by atoms with E-state index < -0.39 is 17.6 Å². The van der Waals surface area contributed by atoms with E-state index in [4.69, 9.17) is 4.74 Å². The number of ether oxygens (including phenoxy) is 1. The molecule has 0 amide bonds. The van der Waals surface area contributed by atoms with Gasteiger partial charge in [-0.3, -0.25) is 0 Å². The monoisotopic (exact) mass is 234 g/mol. The smallest absolute Gasteiger partial charge is 0.374 e. The molecule has 0 aromatic heterocycles. The molecule has 1 aromatic rings. The summed E-state index contributed by atoms with van der Waals surface area (Å²) in [6.07, 6.45) is -3.48. The SMILES string of the molecule is Fc1ccc(C2CCCO2)cc1C(F)(F)F. The molecular formula is C11H10F4O. The van der Waals surface area contributed by atoms with Crippen LogP contribution in [-0.2, 0) is 10.9 Å². The van der Waals surface area contributed by atoms with Crippen molar-refractivity contribution in [3.63, 3.8) is 0 Å². The predicted molar refractivity (Wildman–Crippen MR) is 49.3 cm³/mol. The summed E-state index contributed by atoms with van der Waals surface area (Å²) in [4.78, 5) is 0. The average molecular weight is 234 g/mol. The van der Waals surface area contributed by atoms with Crippen LogP contribution in [0.15, 0.2) is 18.2 Å². The zero-order chi connectivity index (χ0) is 11.8. The highest BCUT2D eigenvalue weighted by Gasteiger charge is 2.35. The lowest BCUT2D eigenvalue weighted by Crippen LogP contribution is -2.09. The van der Waals surface area contributed by atoms with Crippen molar-refractivity contribution in [1.82, 2.24) is 0 Å². The molecule has 0 radical (unpaired) electrons. The Bertz CT molecular complexity index is 380. The van der Waals surface area contributed by atoms with Crippen molar-refractivity contribution in [1.29, 1.82) is 0 Å². The van der Waals surface area contributed by atoms with E-state index in [1.807, 2.05) is 0 Å². The van der Waals surface area contributed by atoms with Crippen LogP contribution in [0.2, 0.25) is 0 Å². The van der Waals surface area contributed by atoms with E-state index >= 15 is 0 Å². The van der Waals surface area contributed by atoms with Gasteiger partial charge in [0, 0.05) is 6.61 Å². The molecule has 0 saturated carbocycles. The summed E-state index contributed by atoms with van der Waals surface area (Å²) in [5.41, 5.74) is -0.827. The van der Waals surface area contributed by atoms with Crippen LogP contribution in [-0.4, -0.2) is 6.61 Å². The van der Waals surface area contributed by atoms with Crippen LogP contribution < -0.4 is 0 Å². The molecule has 0 spiro atoms. The van der Waals surface area contributed by atoms with Crippen LogP contribution in [0.3, 0.4) is 0 Å². The zero-order valence-electron chi connectivity index (χ0n) is 8.35. The predicted octanol–water partition coefficient (Wildman–Crippen LogP) is 3.70. The minimum atomic E-state index is -4.65. The molecular weight excluding hydrogens is 224 g/mol. The van der Waals surface area contributed by atoms with Gasteiger partial charge in [0.2, 0.25) is 0 Å². The Labute approximate surface area is 90.0 Å². The maximum atomic E-state index is 13.0. The molecule has 88 valence electrons. The first-order valence-corrected chi connectivity index (χ1v) is 4.97. The third-order valence-corrected chi connectivity index (χ3v) is 2.60. The first-order valence-electron chi connectivity index (χ1n) is 4.97. The fourth-order valence-corrected chi connectivity index (χ4v) is 1.80. The van der Waals surface area contributed by atoms with Crippen LogP contribution in [0, 0.1) is 5.82 Å². The third kappa shape index (κ3) is 2.19. The van der Waals surface area contributed by atoms with Crippen LogP contribution in [0.4, 0.5) is 17.6 Å². The molecule has 1 saturated heterocycles. The van der Waals surface area contributed by atoms with Gasteiger partial charge in [0.1, 0.15) is 5.82 Å². The Morgan fingerprint density at radius 3 is 2.56 bits per heavy atom. The fourth-order valence-electron chi connectivity index (χ4n) is 1.80. The van der Waals surface area contributed by atoms with Gasteiger partial charge in [0.25, 0.3) is 0 Å². The van der Waals surface area contributed by atoms with Crippen molar-refractivity contribution < 1.29 is 22.3 Å². The second kappa shape index (κ2) is 4.05. The Balaban J connectivity index is 2.35. The standard InChI is InChI=1S/C11H10F4O/c12-9-4-3-7(10-2-1-5-16-10)6-8(9)11(13,14)15/h3-4,6,10H,1-2,5H2. The maximum Gasteiger partial charge on any atom is 0.419 e. The molecule has 1 atom stereocenters. The Hall–Kier alpha value is -1.10. The van der Waals surface area contributed by atoms with E-state index in [1.54, 1.807) is 0 Å². The number of alkyl halides is 3. The lowest BCUT2D eigenvalue weighted by Gasteiger charge is -2.13. The van der Waals surface area contributed by atoms with Gasteiger partial charge in [-0.25, -0.2) is 4.39 Å². The molecule has 1 heterocycles. The van der Waals surface area contributed by atoms with Gasteiger partial charge >= 0.3 is 6.18 Å². The Kier molecular flexibility index (Phi) is 2.88. The summed E-state index contributed by atoms with van der Waals surface area (Å²) in [5.74, 6) is -1.24. The highest BCUT2D eigenvalue weighted by atomic mass is 19.4. The lowest BCUT2D eigenvalue weighted by atomic mass is 10.0. The number of rotatable bonds is 1. The first-order chi connectivity index (χ1) is 7.48.